The summed E-state index contributed by atoms with van der Waals surface area (Å²) in [5.74, 6) is -2.91. The number of rotatable bonds is 6. The SMILES string of the molecule is COc1ccc(-c2ccnc(N3CCC(F)(F)C3)c2NC(=O)c2cnc(C(C)C)nc2)c(F)c1. The van der Waals surface area contributed by atoms with E-state index in [-0.39, 0.29) is 41.5 Å². The number of amides is 1. The molecule has 7 nitrogen and oxygen atoms in total. The minimum absolute atomic E-state index is 0.0453. The Balaban J connectivity index is 1.77. The molecular weight excluding hydrogens is 447 g/mol. The Hall–Kier alpha value is -3.69. The van der Waals surface area contributed by atoms with E-state index in [0.29, 0.717) is 17.1 Å². The van der Waals surface area contributed by atoms with Crippen molar-refractivity contribution < 1.29 is 22.7 Å². The average Bonchev–Trinajstić information content (AvgIpc) is 3.18. The molecule has 0 radical (unpaired) electrons. The van der Waals surface area contributed by atoms with Gasteiger partial charge in [0, 0.05) is 54.7 Å². The highest BCUT2D eigenvalue weighted by molar-refractivity contribution is 6.08. The Morgan fingerprint density at radius 2 is 1.88 bits per heavy atom. The number of nitrogens with zero attached hydrogens (tertiary/aromatic N) is 4. The van der Waals surface area contributed by atoms with Crippen LogP contribution in [-0.2, 0) is 0 Å². The molecule has 10 heteroatoms. The number of aromatic nitrogens is 3. The molecule has 0 bridgehead atoms. The number of hydrogen-bond acceptors (Lipinski definition) is 6. The zero-order valence-corrected chi connectivity index (χ0v) is 19.0. The Morgan fingerprint density at radius 3 is 2.47 bits per heavy atom. The number of methoxy groups -OCH3 is 1. The average molecular weight is 471 g/mol. The smallest absolute Gasteiger partial charge is 0.266 e. The largest absolute Gasteiger partial charge is 0.497 e. The monoisotopic (exact) mass is 471 g/mol. The molecule has 3 aromatic rings. The highest BCUT2D eigenvalue weighted by Crippen LogP contribution is 2.40. The van der Waals surface area contributed by atoms with Crippen molar-refractivity contribution in [2.45, 2.75) is 32.1 Å². The van der Waals surface area contributed by atoms with Crippen molar-refractivity contribution in [1.82, 2.24) is 15.0 Å². The molecule has 1 amide bonds. The second kappa shape index (κ2) is 9.28. The van der Waals surface area contributed by atoms with Gasteiger partial charge in [-0.25, -0.2) is 28.1 Å². The van der Waals surface area contributed by atoms with E-state index in [1.54, 1.807) is 6.07 Å². The number of pyridine rings is 1. The summed E-state index contributed by atoms with van der Waals surface area (Å²) < 4.78 is 47.9. The van der Waals surface area contributed by atoms with Crippen molar-refractivity contribution in [2.24, 2.45) is 0 Å². The lowest BCUT2D eigenvalue weighted by Gasteiger charge is -2.23. The predicted molar refractivity (Wildman–Crippen MR) is 122 cm³/mol. The molecule has 1 aromatic carbocycles. The molecule has 3 heterocycles. The zero-order valence-electron chi connectivity index (χ0n) is 19.0. The third-order valence-corrected chi connectivity index (χ3v) is 5.56. The van der Waals surface area contributed by atoms with Crippen LogP contribution in [0.3, 0.4) is 0 Å². The van der Waals surface area contributed by atoms with Gasteiger partial charge in [0.05, 0.1) is 24.9 Å². The first kappa shape index (κ1) is 23.5. The maximum absolute atomic E-state index is 14.9. The molecule has 1 aliphatic heterocycles. The fourth-order valence-corrected chi connectivity index (χ4v) is 3.74. The van der Waals surface area contributed by atoms with Crippen molar-refractivity contribution in [3.05, 3.63) is 60.1 Å². The van der Waals surface area contributed by atoms with Gasteiger partial charge in [0.25, 0.3) is 11.8 Å². The van der Waals surface area contributed by atoms with Crippen LogP contribution in [0.1, 0.15) is 42.4 Å². The normalized spacial score (nSPS) is 15.0. The van der Waals surface area contributed by atoms with Gasteiger partial charge in [-0.3, -0.25) is 4.79 Å². The van der Waals surface area contributed by atoms with Gasteiger partial charge >= 0.3 is 0 Å². The van der Waals surface area contributed by atoms with Crippen LogP contribution in [0.5, 0.6) is 5.75 Å². The summed E-state index contributed by atoms with van der Waals surface area (Å²) in [5, 5.41) is 2.74. The molecule has 1 saturated heterocycles. The number of ether oxygens (including phenoxy) is 1. The van der Waals surface area contributed by atoms with E-state index in [1.807, 2.05) is 13.8 Å². The van der Waals surface area contributed by atoms with Gasteiger partial charge in [-0.2, -0.15) is 0 Å². The van der Waals surface area contributed by atoms with Crippen LogP contribution in [0, 0.1) is 5.82 Å². The van der Waals surface area contributed by atoms with Crippen LogP contribution < -0.4 is 15.0 Å². The van der Waals surface area contributed by atoms with Crippen LogP contribution >= 0.6 is 0 Å². The third kappa shape index (κ3) is 4.80. The van der Waals surface area contributed by atoms with Crippen LogP contribution in [0.2, 0.25) is 0 Å². The summed E-state index contributed by atoms with van der Waals surface area (Å²) in [4.78, 5) is 27.1. The van der Waals surface area contributed by atoms with Crippen molar-refractivity contribution in [1.29, 1.82) is 0 Å². The number of nitrogens with one attached hydrogen (secondary N) is 1. The number of anilines is 2. The van der Waals surface area contributed by atoms with Crippen LogP contribution in [0.15, 0.2) is 42.9 Å². The predicted octanol–water partition coefficient (Wildman–Crippen LogP) is 4.91. The van der Waals surface area contributed by atoms with E-state index in [2.05, 4.69) is 20.3 Å². The maximum Gasteiger partial charge on any atom is 0.266 e. The number of benzene rings is 1. The zero-order chi connectivity index (χ0) is 24.5. The van der Waals surface area contributed by atoms with E-state index >= 15 is 0 Å². The standard InChI is InChI=1S/C24H24F3N5O2/c1-14(2)21-29-11-15(12-30-21)23(33)31-20-18(17-5-4-16(34-3)10-19(17)25)6-8-28-22(20)32-9-7-24(26,27)13-32/h4-6,8,10-12,14H,7,9,13H2,1-3H3,(H,31,33). The van der Waals surface area contributed by atoms with E-state index in [0.717, 1.165) is 0 Å². The van der Waals surface area contributed by atoms with Crippen LogP contribution in [-0.4, -0.2) is 47.0 Å². The Morgan fingerprint density at radius 1 is 1.15 bits per heavy atom. The summed E-state index contributed by atoms with van der Waals surface area (Å²) in [6, 6.07) is 5.81. The van der Waals surface area contributed by atoms with Crippen LogP contribution in [0.25, 0.3) is 11.1 Å². The first-order valence-electron chi connectivity index (χ1n) is 10.8. The number of hydrogen-bond donors (Lipinski definition) is 1. The van der Waals surface area contributed by atoms with E-state index in [1.165, 1.54) is 48.8 Å². The molecule has 178 valence electrons. The lowest BCUT2D eigenvalue weighted by atomic mass is 10.0. The first-order chi connectivity index (χ1) is 16.2. The summed E-state index contributed by atoms with van der Waals surface area (Å²) in [6.45, 7) is 3.35. The molecule has 0 saturated carbocycles. The molecule has 1 N–H and O–H groups in total. The quantitative estimate of drug-likeness (QED) is 0.551. The van der Waals surface area contributed by atoms with Crippen LogP contribution in [0.4, 0.5) is 24.7 Å². The molecule has 34 heavy (non-hydrogen) atoms. The summed E-state index contributed by atoms with van der Waals surface area (Å²) >= 11 is 0. The third-order valence-electron chi connectivity index (χ3n) is 5.56. The number of halogens is 3. The second-order valence-corrected chi connectivity index (χ2v) is 8.37. The molecule has 1 fully saturated rings. The van der Waals surface area contributed by atoms with Gasteiger partial charge < -0.3 is 15.0 Å². The lowest BCUT2D eigenvalue weighted by Crippen LogP contribution is -2.27. The van der Waals surface area contributed by atoms with E-state index in [9.17, 15) is 18.0 Å². The maximum atomic E-state index is 14.9. The molecule has 2 aromatic heterocycles. The summed E-state index contributed by atoms with van der Waals surface area (Å²) in [5.41, 5.74) is 0.764. The summed E-state index contributed by atoms with van der Waals surface area (Å²) in [7, 11) is 1.42. The molecule has 0 spiro atoms. The lowest BCUT2D eigenvalue weighted by molar-refractivity contribution is 0.0257. The molecule has 1 aliphatic rings. The number of alkyl halides is 2. The minimum atomic E-state index is -2.88. The Kier molecular flexibility index (Phi) is 6.41. The highest BCUT2D eigenvalue weighted by Gasteiger charge is 2.40. The van der Waals surface area contributed by atoms with Gasteiger partial charge in [0.2, 0.25) is 0 Å². The van der Waals surface area contributed by atoms with Crippen molar-refractivity contribution in [2.75, 3.05) is 30.4 Å². The van der Waals surface area contributed by atoms with Gasteiger partial charge in [-0.1, -0.05) is 13.8 Å². The summed E-state index contributed by atoms with van der Waals surface area (Å²) in [6.07, 6.45) is 3.85. The topological polar surface area (TPSA) is 80.2 Å². The van der Waals surface area contributed by atoms with Gasteiger partial charge in [-0.05, 0) is 18.2 Å². The number of carbonyl (C=O) groups excluding carboxylic acids is 1. The highest BCUT2D eigenvalue weighted by atomic mass is 19.3. The second-order valence-electron chi connectivity index (χ2n) is 8.37. The molecule has 0 unspecified atom stereocenters. The molecular formula is C24H24F3N5O2. The molecule has 0 aliphatic carbocycles. The van der Waals surface area contributed by atoms with Gasteiger partial charge in [0.1, 0.15) is 17.4 Å². The molecule has 0 atom stereocenters. The van der Waals surface area contributed by atoms with E-state index < -0.39 is 24.2 Å². The van der Waals surface area contributed by atoms with Crippen molar-refractivity contribution >= 4 is 17.4 Å². The minimum Gasteiger partial charge on any atom is -0.497 e. The molecule has 4 rings (SSSR count). The van der Waals surface area contributed by atoms with Crippen molar-refractivity contribution in [3.63, 3.8) is 0 Å². The first-order valence-corrected chi connectivity index (χ1v) is 10.8. The van der Waals surface area contributed by atoms with Gasteiger partial charge in [-0.15, -0.1) is 0 Å². The fourth-order valence-electron chi connectivity index (χ4n) is 3.74. The van der Waals surface area contributed by atoms with Crippen molar-refractivity contribution in [3.8, 4) is 16.9 Å². The Labute approximate surface area is 195 Å². The van der Waals surface area contributed by atoms with Gasteiger partial charge in [0.15, 0.2) is 5.82 Å². The number of carbonyl (C=O) groups is 1. The van der Waals surface area contributed by atoms with E-state index in [4.69, 9.17) is 4.74 Å². The fraction of sp³-hybridized carbons (Fsp3) is 0.333. The Bertz CT molecular complexity index is 1200.